The number of nitrogens with zero attached hydrogens (tertiary/aromatic N) is 3. The topological polar surface area (TPSA) is 42.9 Å². The first-order chi connectivity index (χ1) is 11.0. The van der Waals surface area contributed by atoms with Crippen molar-refractivity contribution in [3.8, 4) is 0 Å². The standard InChI is InChI=1S/C18H37N5/c1-6-19-18(20-10-11-22(7-2)16-8-9-16)21-17-13-23(14(3)4)12-15(17)5/h14-17H,6-13H2,1-5H3,(H2,19,20,21). The van der Waals surface area contributed by atoms with Crippen molar-refractivity contribution in [3.05, 3.63) is 0 Å². The molecular weight excluding hydrogens is 286 g/mol. The second-order valence-corrected chi connectivity index (χ2v) is 7.40. The smallest absolute Gasteiger partial charge is 0.191 e. The van der Waals surface area contributed by atoms with Gasteiger partial charge in [-0.2, -0.15) is 0 Å². The SMILES string of the molecule is CCNC(=NCCN(CC)C1CC1)NC1CN(C(C)C)CC1C. The van der Waals surface area contributed by atoms with Gasteiger partial charge in [0.25, 0.3) is 0 Å². The van der Waals surface area contributed by atoms with Crippen LogP contribution in [0.4, 0.5) is 0 Å². The van der Waals surface area contributed by atoms with Crippen LogP contribution in [0.2, 0.25) is 0 Å². The van der Waals surface area contributed by atoms with E-state index in [0.717, 1.165) is 44.7 Å². The van der Waals surface area contributed by atoms with Crippen LogP contribution < -0.4 is 10.6 Å². The van der Waals surface area contributed by atoms with Crippen LogP contribution in [0.5, 0.6) is 0 Å². The maximum Gasteiger partial charge on any atom is 0.191 e. The molecule has 0 aromatic heterocycles. The van der Waals surface area contributed by atoms with Crippen LogP contribution in [0.15, 0.2) is 4.99 Å². The number of likely N-dealkylation sites (tertiary alicyclic amines) is 1. The van der Waals surface area contributed by atoms with E-state index >= 15 is 0 Å². The maximum absolute atomic E-state index is 4.81. The summed E-state index contributed by atoms with van der Waals surface area (Å²) in [6.07, 6.45) is 2.75. The van der Waals surface area contributed by atoms with Crippen LogP contribution in [0.1, 0.15) is 47.5 Å². The molecule has 2 atom stereocenters. The van der Waals surface area contributed by atoms with Gasteiger partial charge in [-0.25, -0.2) is 0 Å². The van der Waals surface area contributed by atoms with Gasteiger partial charge < -0.3 is 10.6 Å². The van der Waals surface area contributed by atoms with Crippen molar-refractivity contribution >= 4 is 5.96 Å². The lowest BCUT2D eigenvalue weighted by Gasteiger charge is -2.22. The van der Waals surface area contributed by atoms with Crippen LogP contribution in [0, 0.1) is 5.92 Å². The van der Waals surface area contributed by atoms with E-state index in [4.69, 9.17) is 4.99 Å². The fourth-order valence-corrected chi connectivity index (χ4v) is 3.44. The summed E-state index contributed by atoms with van der Waals surface area (Å²) in [6.45, 7) is 17.6. The van der Waals surface area contributed by atoms with Crippen LogP contribution in [-0.4, -0.2) is 73.2 Å². The first kappa shape index (κ1) is 18.5. The number of hydrogen-bond acceptors (Lipinski definition) is 3. The number of hydrogen-bond donors (Lipinski definition) is 2. The molecule has 0 aromatic carbocycles. The first-order valence-electron chi connectivity index (χ1n) is 9.58. The molecular formula is C18H37N5. The van der Waals surface area contributed by atoms with E-state index in [1.165, 1.54) is 19.4 Å². The average Bonchev–Trinajstić information content (AvgIpc) is 3.28. The summed E-state index contributed by atoms with van der Waals surface area (Å²) in [5.41, 5.74) is 0. The number of guanidine groups is 1. The fourth-order valence-electron chi connectivity index (χ4n) is 3.44. The molecule has 2 rings (SSSR count). The summed E-state index contributed by atoms with van der Waals surface area (Å²) in [4.78, 5) is 9.93. The van der Waals surface area contributed by atoms with E-state index in [1.807, 2.05) is 0 Å². The number of aliphatic imine (C=N–C) groups is 1. The van der Waals surface area contributed by atoms with Crippen molar-refractivity contribution in [1.29, 1.82) is 0 Å². The summed E-state index contributed by atoms with van der Waals surface area (Å²) in [6, 6.07) is 1.96. The van der Waals surface area contributed by atoms with Gasteiger partial charge in [0.15, 0.2) is 5.96 Å². The van der Waals surface area contributed by atoms with Gasteiger partial charge in [0.05, 0.1) is 6.54 Å². The maximum atomic E-state index is 4.81. The van der Waals surface area contributed by atoms with Crippen LogP contribution in [-0.2, 0) is 0 Å². The van der Waals surface area contributed by atoms with Gasteiger partial charge in [0, 0.05) is 44.3 Å². The molecule has 0 radical (unpaired) electrons. The molecule has 23 heavy (non-hydrogen) atoms. The molecule has 1 aliphatic carbocycles. The molecule has 1 saturated heterocycles. The molecule has 2 unspecified atom stereocenters. The third-order valence-electron chi connectivity index (χ3n) is 5.16. The lowest BCUT2D eigenvalue weighted by atomic mass is 10.1. The van der Waals surface area contributed by atoms with Crippen molar-refractivity contribution < 1.29 is 0 Å². The lowest BCUT2D eigenvalue weighted by Crippen LogP contribution is -2.47. The highest BCUT2D eigenvalue weighted by Gasteiger charge is 2.31. The second kappa shape index (κ2) is 8.88. The van der Waals surface area contributed by atoms with Crippen molar-refractivity contribution in [2.24, 2.45) is 10.9 Å². The van der Waals surface area contributed by atoms with E-state index in [-0.39, 0.29) is 0 Å². The quantitative estimate of drug-likeness (QED) is 0.528. The minimum atomic E-state index is 0.501. The largest absolute Gasteiger partial charge is 0.357 e. The van der Waals surface area contributed by atoms with Crippen molar-refractivity contribution in [1.82, 2.24) is 20.4 Å². The van der Waals surface area contributed by atoms with Gasteiger partial charge >= 0.3 is 0 Å². The van der Waals surface area contributed by atoms with E-state index in [9.17, 15) is 0 Å². The Kier molecular flexibility index (Phi) is 7.15. The molecule has 134 valence electrons. The Bertz CT molecular complexity index is 378. The summed E-state index contributed by atoms with van der Waals surface area (Å²) >= 11 is 0. The van der Waals surface area contributed by atoms with E-state index in [2.05, 4.69) is 55.1 Å². The Balaban J connectivity index is 1.83. The Morgan fingerprint density at radius 2 is 2.00 bits per heavy atom. The van der Waals surface area contributed by atoms with Crippen LogP contribution >= 0.6 is 0 Å². The molecule has 1 aliphatic heterocycles. The van der Waals surface area contributed by atoms with Crippen molar-refractivity contribution in [2.45, 2.75) is 65.6 Å². The number of rotatable bonds is 8. The zero-order chi connectivity index (χ0) is 16.8. The van der Waals surface area contributed by atoms with Gasteiger partial charge in [-0.15, -0.1) is 0 Å². The van der Waals surface area contributed by atoms with Gasteiger partial charge in [-0.1, -0.05) is 13.8 Å². The van der Waals surface area contributed by atoms with E-state index in [0.29, 0.717) is 18.0 Å². The van der Waals surface area contributed by atoms with Gasteiger partial charge in [0.2, 0.25) is 0 Å². The molecule has 0 spiro atoms. The summed E-state index contributed by atoms with van der Waals surface area (Å²) in [5, 5.41) is 7.08. The van der Waals surface area contributed by atoms with Gasteiger partial charge in [-0.3, -0.25) is 14.8 Å². The summed E-state index contributed by atoms with van der Waals surface area (Å²) in [7, 11) is 0. The number of likely N-dealkylation sites (N-methyl/N-ethyl adjacent to an activating group) is 1. The predicted molar refractivity (Wildman–Crippen MR) is 99.0 cm³/mol. The Morgan fingerprint density at radius 1 is 1.26 bits per heavy atom. The first-order valence-corrected chi connectivity index (χ1v) is 9.58. The third kappa shape index (κ3) is 5.64. The highest BCUT2D eigenvalue weighted by molar-refractivity contribution is 5.80. The van der Waals surface area contributed by atoms with Crippen molar-refractivity contribution in [3.63, 3.8) is 0 Å². The molecule has 1 saturated carbocycles. The molecule has 2 fully saturated rings. The monoisotopic (exact) mass is 323 g/mol. The Hall–Kier alpha value is -0.810. The molecule has 5 heteroatoms. The highest BCUT2D eigenvalue weighted by atomic mass is 15.3. The lowest BCUT2D eigenvalue weighted by molar-refractivity contribution is 0.265. The second-order valence-electron chi connectivity index (χ2n) is 7.40. The van der Waals surface area contributed by atoms with Crippen LogP contribution in [0.25, 0.3) is 0 Å². The normalized spacial score (nSPS) is 26.3. The summed E-state index contributed by atoms with van der Waals surface area (Å²) in [5.74, 6) is 1.65. The number of nitrogens with one attached hydrogen (secondary N) is 2. The predicted octanol–water partition coefficient (Wildman–Crippen LogP) is 1.75. The molecule has 1 heterocycles. The van der Waals surface area contributed by atoms with Crippen molar-refractivity contribution in [2.75, 3.05) is 39.3 Å². The summed E-state index contributed by atoms with van der Waals surface area (Å²) < 4.78 is 0. The molecule has 5 nitrogen and oxygen atoms in total. The molecule has 0 bridgehead atoms. The highest BCUT2D eigenvalue weighted by Crippen LogP contribution is 2.26. The van der Waals surface area contributed by atoms with E-state index < -0.39 is 0 Å². The zero-order valence-electron chi connectivity index (χ0n) is 15.8. The van der Waals surface area contributed by atoms with Crippen LogP contribution in [0.3, 0.4) is 0 Å². The minimum Gasteiger partial charge on any atom is -0.357 e. The molecule has 0 amide bonds. The fraction of sp³-hybridized carbons (Fsp3) is 0.944. The Labute approximate surface area is 142 Å². The van der Waals surface area contributed by atoms with E-state index in [1.54, 1.807) is 0 Å². The third-order valence-corrected chi connectivity index (χ3v) is 5.16. The zero-order valence-corrected chi connectivity index (χ0v) is 15.8. The molecule has 2 aliphatic rings. The molecule has 0 aromatic rings. The Morgan fingerprint density at radius 3 is 2.52 bits per heavy atom. The average molecular weight is 324 g/mol. The van der Waals surface area contributed by atoms with Gasteiger partial charge in [-0.05, 0) is 46.1 Å². The molecule has 2 N–H and O–H groups in total. The van der Waals surface area contributed by atoms with Gasteiger partial charge in [0.1, 0.15) is 0 Å². The minimum absolute atomic E-state index is 0.501.